The molecule has 2 heterocycles. The number of hydrogen-bond acceptors (Lipinski definition) is 6. The van der Waals surface area contributed by atoms with Crippen LogP contribution in [0.4, 0.5) is 24.5 Å². The van der Waals surface area contributed by atoms with Crippen LogP contribution in [0.15, 0.2) is 77.7 Å². The number of alkyl halides is 3. The standard InChI is InChI=1S/C24H21BF3N2O5S/c26-24(27,28)35-15-9-11-16(12-10-15)36(32,33)29-19-13-34-14-22(23(19)31)30-20-7-3-1-5-17(20)25-18-6-2-4-8-21(18)30/h1-12,19,22-23,29,31H,13-14H2/t19-,22+,23+/m0/s1. The van der Waals surface area contributed by atoms with Crippen molar-refractivity contribution in [2.24, 2.45) is 0 Å². The van der Waals surface area contributed by atoms with Gasteiger partial charge in [-0.25, -0.2) is 13.1 Å². The lowest BCUT2D eigenvalue weighted by molar-refractivity contribution is -0.274. The Morgan fingerprint density at radius 3 is 2.11 bits per heavy atom. The van der Waals surface area contributed by atoms with Gasteiger partial charge in [0.25, 0.3) is 0 Å². The zero-order chi connectivity index (χ0) is 25.5. The molecule has 0 spiro atoms. The summed E-state index contributed by atoms with van der Waals surface area (Å²) < 4.78 is 75.1. The van der Waals surface area contributed by atoms with E-state index < -0.39 is 40.3 Å². The molecule has 7 nitrogen and oxygen atoms in total. The second-order valence-electron chi connectivity index (χ2n) is 8.47. The zero-order valence-electron chi connectivity index (χ0n) is 18.7. The van der Waals surface area contributed by atoms with Crippen LogP contribution in [0.5, 0.6) is 5.75 Å². The van der Waals surface area contributed by atoms with E-state index in [2.05, 4.69) is 9.46 Å². The number of para-hydroxylation sites is 2. The summed E-state index contributed by atoms with van der Waals surface area (Å²) in [4.78, 5) is 1.69. The number of anilines is 2. The van der Waals surface area contributed by atoms with Crippen molar-refractivity contribution in [1.82, 2.24) is 4.72 Å². The number of fused-ring (bicyclic) bond motifs is 2. The van der Waals surface area contributed by atoms with E-state index in [1.54, 1.807) is 0 Å². The van der Waals surface area contributed by atoms with Crippen LogP contribution in [-0.4, -0.2) is 58.6 Å². The Morgan fingerprint density at radius 1 is 0.944 bits per heavy atom. The molecule has 0 unspecified atom stereocenters. The fourth-order valence-corrected chi connectivity index (χ4v) is 5.75. The second kappa shape index (κ2) is 9.43. The highest BCUT2D eigenvalue weighted by Gasteiger charge is 2.41. The number of aliphatic hydroxyl groups is 1. The second-order valence-corrected chi connectivity index (χ2v) is 10.2. The molecule has 0 amide bonds. The van der Waals surface area contributed by atoms with Gasteiger partial charge in [-0.1, -0.05) is 47.3 Å². The molecule has 0 aromatic heterocycles. The average Bonchev–Trinajstić information content (AvgIpc) is 2.83. The molecule has 12 heteroatoms. The predicted octanol–water partition coefficient (Wildman–Crippen LogP) is 1.80. The molecule has 1 saturated heterocycles. The van der Waals surface area contributed by atoms with Crippen molar-refractivity contribution >= 4 is 39.6 Å². The van der Waals surface area contributed by atoms with E-state index in [9.17, 15) is 26.7 Å². The topological polar surface area (TPSA) is 88.1 Å². The van der Waals surface area contributed by atoms with Gasteiger partial charge in [0.2, 0.25) is 10.0 Å². The van der Waals surface area contributed by atoms with Crippen molar-refractivity contribution in [3.8, 4) is 5.75 Å². The van der Waals surface area contributed by atoms with Crippen LogP contribution in [0.25, 0.3) is 0 Å². The molecule has 1 fully saturated rings. The van der Waals surface area contributed by atoms with E-state index >= 15 is 0 Å². The Bertz CT molecular complexity index is 1310. The normalized spacial score (nSPS) is 21.8. The molecular formula is C24H21BF3N2O5S. The molecule has 3 atom stereocenters. The van der Waals surface area contributed by atoms with Gasteiger partial charge in [-0.2, -0.15) is 0 Å². The van der Waals surface area contributed by atoms with Crippen LogP contribution < -0.4 is 25.3 Å². The average molecular weight is 517 g/mol. The van der Waals surface area contributed by atoms with Crippen molar-refractivity contribution in [2.75, 3.05) is 18.1 Å². The predicted molar refractivity (Wildman–Crippen MR) is 128 cm³/mol. The summed E-state index contributed by atoms with van der Waals surface area (Å²) in [6.07, 6.45) is -6.04. The van der Waals surface area contributed by atoms with Crippen LogP contribution in [-0.2, 0) is 14.8 Å². The summed E-state index contributed by atoms with van der Waals surface area (Å²) in [5.41, 5.74) is 3.61. The highest BCUT2D eigenvalue weighted by Crippen LogP contribution is 2.32. The molecule has 3 aromatic rings. The first-order chi connectivity index (χ1) is 17.1. The molecule has 187 valence electrons. The Labute approximate surface area is 206 Å². The number of nitrogens with one attached hydrogen (secondary N) is 1. The minimum atomic E-state index is -4.89. The molecule has 0 saturated carbocycles. The summed E-state index contributed by atoms with van der Waals surface area (Å²) in [6, 6.07) is 17.6. The van der Waals surface area contributed by atoms with Crippen LogP contribution in [0.1, 0.15) is 0 Å². The first-order valence-electron chi connectivity index (χ1n) is 11.1. The third kappa shape index (κ3) is 4.94. The molecule has 0 aliphatic carbocycles. The van der Waals surface area contributed by atoms with Crippen LogP contribution in [0.2, 0.25) is 0 Å². The van der Waals surface area contributed by atoms with Gasteiger partial charge in [0.1, 0.15) is 5.75 Å². The maximum atomic E-state index is 13.0. The van der Waals surface area contributed by atoms with E-state index in [0.29, 0.717) is 0 Å². The zero-order valence-corrected chi connectivity index (χ0v) is 19.5. The third-order valence-electron chi connectivity index (χ3n) is 6.10. The van der Waals surface area contributed by atoms with Crippen molar-refractivity contribution < 1.29 is 36.2 Å². The smallest absolute Gasteiger partial charge is 0.406 e. The van der Waals surface area contributed by atoms with Crippen LogP contribution in [0, 0.1) is 0 Å². The minimum Gasteiger partial charge on any atom is -0.406 e. The van der Waals surface area contributed by atoms with Crippen molar-refractivity contribution in [3.05, 3.63) is 72.8 Å². The van der Waals surface area contributed by atoms with Gasteiger partial charge in [0.15, 0.2) is 7.28 Å². The molecule has 5 rings (SSSR count). The molecular weight excluding hydrogens is 496 g/mol. The largest absolute Gasteiger partial charge is 0.573 e. The highest BCUT2D eigenvalue weighted by molar-refractivity contribution is 7.89. The Hall–Kier alpha value is -3.06. The maximum Gasteiger partial charge on any atom is 0.573 e. The van der Waals surface area contributed by atoms with Crippen LogP contribution >= 0.6 is 0 Å². The number of nitrogens with zero attached hydrogens (tertiary/aromatic N) is 1. The summed E-state index contributed by atoms with van der Waals surface area (Å²) in [7, 11) is -2.13. The maximum absolute atomic E-state index is 13.0. The summed E-state index contributed by atoms with van der Waals surface area (Å²) in [5, 5.41) is 11.3. The van der Waals surface area contributed by atoms with E-state index in [-0.39, 0.29) is 18.1 Å². The van der Waals surface area contributed by atoms with E-state index in [1.807, 2.05) is 60.7 Å². The molecule has 2 aliphatic heterocycles. The number of rotatable bonds is 5. The van der Waals surface area contributed by atoms with Gasteiger partial charge < -0.3 is 19.5 Å². The van der Waals surface area contributed by atoms with Gasteiger partial charge in [0.05, 0.1) is 36.3 Å². The van der Waals surface area contributed by atoms with E-state index in [4.69, 9.17) is 4.74 Å². The summed E-state index contributed by atoms with van der Waals surface area (Å²) >= 11 is 0. The van der Waals surface area contributed by atoms with Crippen molar-refractivity contribution in [2.45, 2.75) is 29.4 Å². The number of hydrogen-bond donors (Lipinski definition) is 2. The SMILES string of the molecule is O=S(=O)(N[C@H]1COC[C@@H](N2c3ccccc3[B]c3ccccc32)[C@@H]1O)c1ccc(OC(F)(F)F)cc1. The number of ether oxygens (including phenoxy) is 2. The lowest BCUT2D eigenvalue weighted by atomic mass is 9.60. The first kappa shape index (κ1) is 24.6. The van der Waals surface area contributed by atoms with Crippen LogP contribution in [0.3, 0.4) is 0 Å². The molecule has 1 radical (unpaired) electrons. The molecule has 3 aromatic carbocycles. The van der Waals surface area contributed by atoms with Crippen molar-refractivity contribution in [1.29, 1.82) is 0 Å². The minimum absolute atomic E-state index is 0.0740. The van der Waals surface area contributed by atoms with Gasteiger partial charge >= 0.3 is 6.36 Å². The number of aliphatic hydroxyl groups excluding tert-OH is 1. The van der Waals surface area contributed by atoms with Gasteiger partial charge in [-0.3, -0.25) is 0 Å². The molecule has 0 bridgehead atoms. The number of sulfonamides is 1. The first-order valence-corrected chi connectivity index (χ1v) is 12.6. The fourth-order valence-electron chi connectivity index (χ4n) is 4.51. The van der Waals surface area contributed by atoms with E-state index in [0.717, 1.165) is 46.6 Å². The van der Waals surface area contributed by atoms with Gasteiger partial charge in [-0.15, -0.1) is 13.2 Å². The molecule has 2 aliphatic rings. The molecule has 36 heavy (non-hydrogen) atoms. The Balaban J connectivity index is 1.39. The summed E-state index contributed by atoms with van der Waals surface area (Å²) in [6.45, 7) is 0.0843. The third-order valence-corrected chi connectivity index (χ3v) is 7.61. The Morgan fingerprint density at radius 2 is 1.53 bits per heavy atom. The van der Waals surface area contributed by atoms with Gasteiger partial charge in [0, 0.05) is 11.4 Å². The monoisotopic (exact) mass is 517 g/mol. The summed E-state index contributed by atoms with van der Waals surface area (Å²) in [5.74, 6) is -0.540. The fraction of sp³-hybridized carbons (Fsp3) is 0.250. The quantitative estimate of drug-likeness (QED) is 0.503. The highest BCUT2D eigenvalue weighted by atomic mass is 32.2. The van der Waals surface area contributed by atoms with Gasteiger partial charge in [-0.05, 0) is 36.4 Å². The molecule has 2 N–H and O–H groups in total. The van der Waals surface area contributed by atoms with E-state index in [1.165, 1.54) is 0 Å². The number of halogens is 3. The van der Waals surface area contributed by atoms with Crippen molar-refractivity contribution in [3.63, 3.8) is 0 Å². The lowest BCUT2D eigenvalue weighted by Gasteiger charge is -2.45. The number of benzene rings is 3. The lowest BCUT2D eigenvalue weighted by Crippen LogP contribution is -2.62. The Kier molecular flexibility index (Phi) is 6.45.